The lowest BCUT2D eigenvalue weighted by Crippen LogP contribution is -2.25. The quantitative estimate of drug-likeness (QED) is 0.763. The Morgan fingerprint density at radius 3 is 2.86 bits per heavy atom. The molecular formula is C15H18N4O2. The van der Waals surface area contributed by atoms with E-state index in [-0.39, 0.29) is 5.91 Å². The molecule has 1 aromatic carbocycles. The highest BCUT2D eigenvalue weighted by Crippen LogP contribution is 2.19. The summed E-state index contributed by atoms with van der Waals surface area (Å²) >= 11 is 0. The topological polar surface area (TPSA) is 80.1 Å². The van der Waals surface area contributed by atoms with Gasteiger partial charge in [0.05, 0.1) is 0 Å². The minimum Gasteiger partial charge on any atom is -0.353 e. The predicted molar refractivity (Wildman–Crippen MR) is 78.6 cm³/mol. The van der Waals surface area contributed by atoms with Gasteiger partial charge in [0.15, 0.2) is 0 Å². The molecule has 1 aliphatic rings. The van der Waals surface area contributed by atoms with Crippen molar-refractivity contribution in [3.8, 4) is 11.5 Å². The molecule has 0 radical (unpaired) electrons. The summed E-state index contributed by atoms with van der Waals surface area (Å²) in [6, 6.07) is 10.0. The molecule has 0 bridgehead atoms. The molecule has 0 saturated heterocycles. The SMILES string of the molecule is O=C(CCCNc1noc(-c2ccccc2)n1)NC1CC1. The third-order valence-electron chi connectivity index (χ3n) is 3.25. The summed E-state index contributed by atoms with van der Waals surface area (Å²) in [6.45, 7) is 0.645. The molecule has 1 aromatic heterocycles. The molecule has 1 fully saturated rings. The van der Waals surface area contributed by atoms with Crippen LogP contribution in [0.5, 0.6) is 0 Å². The molecule has 2 aromatic rings. The van der Waals surface area contributed by atoms with Gasteiger partial charge in [-0.25, -0.2) is 0 Å². The van der Waals surface area contributed by atoms with Gasteiger partial charge in [-0.2, -0.15) is 4.98 Å². The Balaban J connectivity index is 1.41. The number of hydrogen-bond donors (Lipinski definition) is 2. The summed E-state index contributed by atoms with van der Waals surface area (Å²) in [5, 5.41) is 9.89. The molecule has 0 atom stereocenters. The second kappa shape index (κ2) is 6.39. The number of anilines is 1. The van der Waals surface area contributed by atoms with Crippen LogP contribution < -0.4 is 10.6 Å². The lowest BCUT2D eigenvalue weighted by Gasteiger charge is -2.03. The number of nitrogens with one attached hydrogen (secondary N) is 2. The van der Waals surface area contributed by atoms with Gasteiger partial charge in [0.25, 0.3) is 11.8 Å². The van der Waals surface area contributed by atoms with Crippen molar-refractivity contribution in [3.63, 3.8) is 0 Å². The number of carbonyl (C=O) groups is 1. The normalized spacial score (nSPS) is 13.9. The van der Waals surface area contributed by atoms with Crippen molar-refractivity contribution in [1.29, 1.82) is 0 Å². The zero-order valence-corrected chi connectivity index (χ0v) is 11.7. The molecule has 110 valence electrons. The molecule has 0 unspecified atom stereocenters. The van der Waals surface area contributed by atoms with Gasteiger partial charge in [0, 0.05) is 24.6 Å². The zero-order valence-electron chi connectivity index (χ0n) is 11.7. The van der Waals surface area contributed by atoms with Gasteiger partial charge in [-0.1, -0.05) is 18.2 Å². The summed E-state index contributed by atoms with van der Waals surface area (Å²) in [7, 11) is 0. The van der Waals surface area contributed by atoms with Crippen molar-refractivity contribution in [2.75, 3.05) is 11.9 Å². The Labute approximate surface area is 122 Å². The molecule has 6 nitrogen and oxygen atoms in total. The van der Waals surface area contributed by atoms with Gasteiger partial charge in [-0.05, 0) is 36.6 Å². The van der Waals surface area contributed by atoms with Crippen molar-refractivity contribution in [2.24, 2.45) is 0 Å². The largest absolute Gasteiger partial charge is 0.353 e. The van der Waals surface area contributed by atoms with E-state index in [1.54, 1.807) is 0 Å². The first-order valence-electron chi connectivity index (χ1n) is 7.23. The van der Waals surface area contributed by atoms with E-state index in [9.17, 15) is 4.79 Å². The monoisotopic (exact) mass is 286 g/mol. The fourth-order valence-electron chi connectivity index (χ4n) is 1.97. The van der Waals surface area contributed by atoms with Crippen LogP contribution in [0.1, 0.15) is 25.7 Å². The van der Waals surface area contributed by atoms with E-state index >= 15 is 0 Å². The minimum absolute atomic E-state index is 0.123. The van der Waals surface area contributed by atoms with E-state index in [4.69, 9.17) is 4.52 Å². The van der Waals surface area contributed by atoms with Crippen molar-refractivity contribution >= 4 is 11.9 Å². The van der Waals surface area contributed by atoms with E-state index in [1.807, 2.05) is 30.3 Å². The van der Waals surface area contributed by atoms with E-state index in [1.165, 1.54) is 0 Å². The van der Waals surface area contributed by atoms with Crippen molar-refractivity contribution in [1.82, 2.24) is 15.5 Å². The van der Waals surface area contributed by atoms with E-state index in [0.717, 1.165) is 24.8 Å². The van der Waals surface area contributed by atoms with Crippen LogP contribution in [0.4, 0.5) is 5.95 Å². The van der Waals surface area contributed by atoms with Gasteiger partial charge >= 0.3 is 0 Å². The van der Waals surface area contributed by atoms with Crippen LogP contribution in [0.3, 0.4) is 0 Å². The van der Waals surface area contributed by atoms with Crippen LogP contribution >= 0.6 is 0 Å². The van der Waals surface area contributed by atoms with Crippen molar-refractivity contribution in [3.05, 3.63) is 30.3 Å². The Bertz CT molecular complexity index is 593. The second-order valence-corrected chi connectivity index (χ2v) is 5.16. The van der Waals surface area contributed by atoms with Crippen LogP contribution in [0.2, 0.25) is 0 Å². The Kier molecular flexibility index (Phi) is 4.14. The van der Waals surface area contributed by atoms with Crippen LogP contribution in [-0.4, -0.2) is 28.6 Å². The highest BCUT2D eigenvalue weighted by Gasteiger charge is 2.22. The first-order chi connectivity index (χ1) is 10.3. The van der Waals surface area contributed by atoms with Gasteiger partial charge < -0.3 is 15.2 Å². The highest BCUT2D eigenvalue weighted by molar-refractivity contribution is 5.76. The molecule has 3 rings (SSSR count). The van der Waals surface area contributed by atoms with Gasteiger partial charge in [0.2, 0.25) is 5.91 Å². The first kappa shape index (κ1) is 13.6. The maximum atomic E-state index is 11.5. The molecule has 0 spiro atoms. The summed E-state index contributed by atoms with van der Waals surface area (Å²) in [6.07, 6.45) is 3.50. The third kappa shape index (κ3) is 4.05. The molecule has 2 N–H and O–H groups in total. The Morgan fingerprint density at radius 2 is 2.10 bits per heavy atom. The lowest BCUT2D eigenvalue weighted by molar-refractivity contribution is -0.121. The number of benzene rings is 1. The van der Waals surface area contributed by atoms with Gasteiger partial charge in [-0.15, -0.1) is 0 Å². The fraction of sp³-hybridized carbons (Fsp3) is 0.400. The molecule has 1 amide bonds. The number of hydrogen-bond acceptors (Lipinski definition) is 5. The maximum absolute atomic E-state index is 11.5. The predicted octanol–water partition coefficient (Wildman–Crippen LogP) is 2.21. The molecule has 21 heavy (non-hydrogen) atoms. The number of amides is 1. The number of carbonyl (C=O) groups excluding carboxylic acids is 1. The maximum Gasteiger partial charge on any atom is 0.263 e. The van der Waals surface area contributed by atoms with Crippen LogP contribution in [-0.2, 0) is 4.79 Å². The van der Waals surface area contributed by atoms with Crippen LogP contribution in [0.25, 0.3) is 11.5 Å². The highest BCUT2D eigenvalue weighted by atomic mass is 16.5. The molecule has 1 saturated carbocycles. The second-order valence-electron chi connectivity index (χ2n) is 5.16. The van der Waals surface area contributed by atoms with Crippen molar-refractivity contribution in [2.45, 2.75) is 31.7 Å². The number of rotatable bonds is 7. The van der Waals surface area contributed by atoms with Gasteiger partial charge in [-0.3, -0.25) is 4.79 Å². The summed E-state index contributed by atoms with van der Waals surface area (Å²) in [4.78, 5) is 15.8. The number of aromatic nitrogens is 2. The van der Waals surface area contributed by atoms with Crippen molar-refractivity contribution < 1.29 is 9.32 Å². The minimum atomic E-state index is 0.123. The summed E-state index contributed by atoms with van der Waals surface area (Å²) in [5.74, 6) is 1.07. The standard InChI is InChI=1S/C15H18N4O2/c20-13(17-12-8-9-12)7-4-10-16-15-18-14(21-19-15)11-5-2-1-3-6-11/h1-3,5-6,12H,4,7-10H2,(H,16,19)(H,17,20). The average Bonchev–Trinajstić information content (AvgIpc) is 3.19. The summed E-state index contributed by atoms with van der Waals surface area (Å²) < 4.78 is 5.19. The van der Waals surface area contributed by atoms with Crippen LogP contribution in [0.15, 0.2) is 34.9 Å². The molecule has 0 aliphatic heterocycles. The first-order valence-corrected chi connectivity index (χ1v) is 7.23. The molecule has 1 aliphatic carbocycles. The smallest absolute Gasteiger partial charge is 0.263 e. The van der Waals surface area contributed by atoms with E-state index in [2.05, 4.69) is 20.8 Å². The van der Waals surface area contributed by atoms with Crippen LogP contribution in [0, 0.1) is 0 Å². The Morgan fingerprint density at radius 1 is 1.29 bits per heavy atom. The Hall–Kier alpha value is -2.37. The third-order valence-corrected chi connectivity index (χ3v) is 3.25. The molecule has 6 heteroatoms. The summed E-state index contributed by atoms with van der Waals surface area (Å²) in [5.41, 5.74) is 0.891. The zero-order chi connectivity index (χ0) is 14.5. The lowest BCUT2D eigenvalue weighted by atomic mass is 10.2. The fourth-order valence-corrected chi connectivity index (χ4v) is 1.97. The molecule has 1 heterocycles. The molecular weight excluding hydrogens is 268 g/mol. The van der Waals surface area contributed by atoms with E-state index in [0.29, 0.717) is 30.8 Å². The number of nitrogens with zero attached hydrogens (tertiary/aromatic N) is 2. The van der Waals surface area contributed by atoms with E-state index < -0.39 is 0 Å². The van der Waals surface area contributed by atoms with Gasteiger partial charge in [0.1, 0.15) is 0 Å². The average molecular weight is 286 g/mol.